The molecule has 4 fully saturated rings. The average Bonchev–Trinajstić information content (AvgIpc) is 3.01. The summed E-state index contributed by atoms with van der Waals surface area (Å²) in [6.07, 6.45) is -0.743. The van der Waals surface area contributed by atoms with Crippen molar-refractivity contribution in [3.63, 3.8) is 0 Å². The molecule has 0 aromatic carbocycles. The molecule has 0 unspecified atom stereocenters. The first-order valence-corrected chi connectivity index (χ1v) is 11.0. The third-order valence-corrected chi connectivity index (χ3v) is 9.39. The van der Waals surface area contributed by atoms with Crippen molar-refractivity contribution in [2.75, 3.05) is 0 Å². The SMILES string of the molecule is [2H]C1([2H])C[C@@]2(C)[C@H](CC[C@@H]3[C@@H]2CC[C@]2(C)[C@@H]([C@H](C)CCC(=O)O)CC[C@@H]32)C([2H])([2H])[C@]1([2H])O. The van der Waals surface area contributed by atoms with E-state index in [1.807, 2.05) is 6.92 Å². The van der Waals surface area contributed by atoms with Crippen molar-refractivity contribution < 1.29 is 21.9 Å². The lowest BCUT2D eigenvalue weighted by Gasteiger charge is -2.61. The lowest BCUT2D eigenvalue weighted by atomic mass is 9.44. The molecule has 0 aromatic rings. The van der Waals surface area contributed by atoms with Crippen molar-refractivity contribution >= 4 is 5.97 Å². The Morgan fingerprint density at radius 1 is 1.15 bits per heavy atom. The van der Waals surface area contributed by atoms with Crippen LogP contribution in [0.15, 0.2) is 0 Å². The predicted molar refractivity (Wildman–Crippen MR) is 107 cm³/mol. The molecule has 27 heavy (non-hydrogen) atoms. The van der Waals surface area contributed by atoms with Gasteiger partial charge in [0.2, 0.25) is 0 Å². The zero-order chi connectivity index (χ0) is 23.9. The van der Waals surface area contributed by atoms with E-state index in [0.717, 1.165) is 32.1 Å². The van der Waals surface area contributed by atoms with Crippen LogP contribution in [0.25, 0.3) is 0 Å². The monoisotopic (exact) mass is 381 g/mol. The van der Waals surface area contributed by atoms with Crippen LogP contribution >= 0.6 is 0 Å². The Hall–Kier alpha value is -0.570. The van der Waals surface area contributed by atoms with E-state index in [4.69, 9.17) is 12.0 Å². The van der Waals surface area contributed by atoms with Gasteiger partial charge in [0.05, 0.1) is 7.45 Å². The number of hydrogen-bond donors (Lipinski definition) is 2. The normalized spacial score (nSPS) is 59.6. The highest BCUT2D eigenvalue weighted by Gasteiger charge is 2.60. The van der Waals surface area contributed by atoms with Gasteiger partial charge in [0.25, 0.3) is 0 Å². The molecule has 0 radical (unpaired) electrons. The molecular formula is C24H40O3. The quantitative estimate of drug-likeness (QED) is 0.675. The molecule has 2 N–H and O–H groups in total. The zero-order valence-electron chi connectivity index (χ0n) is 22.1. The van der Waals surface area contributed by atoms with Gasteiger partial charge in [-0.05, 0) is 110 Å². The van der Waals surface area contributed by atoms with Crippen molar-refractivity contribution in [2.45, 2.75) is 97.4 Å². The number of carboxylic acids is 1. The Balaban J connectivity index is 1.61. The summed E-state index contributed by atoms with van der Waals surface area (Å²) >= 11 is 0. The van der Waals surface area contributed by atoms with E-state index in [2.05, 4.69) is 13.8 Å². The fourth-order valence-corrected chi connectivity index (χ4v) is 7.97. The minimum absolute atomic E-state index is 0.0349. The molecule has 3 heteroatoms. The zero-order valence-corrected chi connectivity index (χ0v) is 17.1. The number of aliphatic carboxylic acids is 1. The topological polar surface area (TPSA) is 57.5 Å². The summed E-state index contributed by atoms with van der Waals surface area (Å²) in [5.41, 5.74) is -0.414. The molecule has 3 nitrogen and oxygen atoms in total. The third-order valence-electron chi connectivity index (χ3n) is 9.39. The van der Waals surface area contributed by atoms with Crippen LogP contribution in [0.5, 0.6) is 0 Å². The van der Waals surface area contributed by atoms with Gasteiger partial charge < -0.3 is 10.2 Å². The standard InChI is InChI=1S/C24H40O3/c1-15(4-9-22(26)27)19-7-8-20-18-6-5-16-14-17(25)10-12-23(16,2)21(18)11-13-24(19,20)3/h15-21,25H,4-14H2,1-3H3,(H,26,27)/t15-,16-,17-,18+,19-,20+,21+,23+,24-/m1/s1/i10D2,14D2,17D. The second-order valence-electron chi connectivity index (χ2n) is 10.5. The lowest BCUT2D eigenvalue weighted by Crippen LogP contribution is -2.54. The van der Waals surface area contributed by atoms with Crippen LogP contribution in [0, 0.1) is 46.3 Å². The first kappa shape index (κ1) is 14.4. The second-order valence-corrected chi connectivity index (χ2v) is 10.5. The van der Waals surface area contributed by atoms with Gasteiger partial charge in [-0.1, -0.05) is 20.8 Å². The predicted octanol–water partition coefficient (Wildman–Crippen LogP) is 5.51. The molecule has 0 saturated heterocycles. The number of carbonyl (C=O) groups is 1. The molecule has 0 spiro atoms. The Morgan fingerprint density at radius 3 is 2.63 bits per heavy atom. The maximum absolute atomic E-state index is 11.1. The summed E-state index contributed by atoms with van der Waals surface area (Å²) in [5.74, 6) is 0.732. The molecule has 4 aliphatic carbocycles. The first-order valence-electron chi connectivity index (χ1n) is 13.5. The molecule has 0 bridgehead atoms. The third kappa shape index (κ3) is 3.16. The van der Waals surface area contributed by atoms with Gasteiger partial charge in [-0.25, -0.2) is 0 Å². The maximum atomic E-state index is 11.1. The Bertz CT molecular complexity index is 771. The summed E-state index contributed by atoms with van der Waals surface area (Å²) in [5, 5.41) is 19.8. The molecule has 4 aliphatic rings. The number of hydrogen-bond acceptors (Lipinski definition) is 2. The van der Waals surface area contributed by atoms with E-state index in [1.54, 1.807) is 0 Å². The van der Waals surface area contributed by atoms with Crippen LogP contribution in [0.1, 0.15) is 98.2 Å². The van der Waals surface area contributed by atoms with E-state index >= 15 is 0 Å². The molecule has 4 rings (SSSR count). The smallest absolute Gasteiger partial charge is 0.303 e. The van der Waals surface area contributed by atoms with Crippen LogP contribution < -0.4 is 0 Å². The van der Waals surface area contributed by atoms with Gasteiger partial charge >= 0.3 is 5.97 Å². The molecule has 0 heterocycles. The van der Waals surface area contributed by atoms with Crippen LogP contribution in [0.4, 0.5) is 0 Å². The largest absolute Gasteiger partial charge is 0.481 e. The Morgan fingerprint density at radius 2 is 1.89 bits per heavy atom. The van der Waals surface area contributed by atoms with Crippen molar-refractivity contribution in [1.29, 1.82) is 0 Å². The fraction of sp³-hybridized carbons (Fsp3) is 0.958. The van der Waals surface area contributed by atoms with E-state index in [9.17, 15) is 9.90 Å². The van der Waals surface area contributed by atoms with Crippen LogP contribution in [0.3, 0.4) is 0 Å². The molecule has 9 atom stereocenters. The Labute approximate surface area is 172 Å². The first-order chi connectivity index (χ1) is 14.6. The maximum Gasteiger partial charge on any atom is 0.303 e. The van der Waals surface area contributed by atoms with Gasteiger partial charge in [-0.15, -0.1) is 0 Å². The molecule has 0 amide bonds. The minimum atomic E-state index is -2.74. The summed E-state index contributed by atoms with van der Waals surface area (Å²) in [4.78, 5) is 11.1. The van der Waals surface area contributed by atoms with Gasteiger partial charge in [0, 0.05) is 11.9 Å². The van der Waals surface area contributed by atoms with Crippen molar-refractivity contribution in [3.05, 3.63) is 0 Å². The van der Waals surface area contributed by atoms with Gasteiger partial charge in [-0.3, -0.25) is 4.79 Å². The number of fused-ring (bicyclic) bond motifs is 5. The van der Waals surface area contributed by atoms with Crippen molar-refractivity contribution in [2.24, 2.45) is 46.3 Å². The average molecular weight is 382 g/mol. The van der Waals surface area contributed by atoms with E-state index < -0.39 is 36.1 Å². The van der Waals surface area contributed by atoms with E-state index in [0.29, 0.717) is 36.5 Å². The molecule has 0 aromatic heterocycles. The van der Waals surface area contributed by atoms with Crippen LogP contribution in [0.2, 0.25) is 0 Å². The molecule has 0 aliphatic heterocycles. The number of carboxylic acid groups (broad SMARTS) is 1. The van der Waals surface area contributed by atoms with E-state index in [1.165, 1.54) is 0 Å². The summed E-state index contributed by atoms with van der Waals surface area (Å²) in [7, 11) is 0. The second kappa shape index (κ2) is 7.04. The molecular weight excluding hydrogens is 336 g/mol. The highest BCUT2D eigenvalue weighted by Crippen LogP contribution is 2.68. The van der Waals surface area contributed by atoms with Crippen molar-refractivity contribution in [3.8, 4) is 0 Å². The van der Waals surface area contributed by atoms with E-state index in [-0.39, 0.29) is 24.2 Å². The fourth-order valence-electron chi connectivity index (χ4n) is 7.97. The Kier molecular flexibility index (Phi) is 3.76. The van der Waals surface area contributed by atoms with Crippen molar-refractivity contribution in [1.82, 2.24) is 0 Å². The van der Waals surface area contributed by atoms with Crippen LogP contribution in [-0.4, -0.2) is 22.3 Å². The van der Waals surface area contributed by atoms with Crippen LogP contribution in [-0.2, 0) is 4.79 Å². The van der Waals surface area contributed by atoms with Gasteiger partial charge in [-0.2, -0.15) is 0 Å². The minimum Gasteiger partial charge on any atom is -0.481 e. The number of rotatable bonds is 4. The molecule has 154 valence electrons. The van der Waals surface area contributed by atoms with Gasteiger partial charge in [0.1, 0.15) is 0 Å². The summed E-state index contributed by atoms with van der Waals surface area (Å²) in [6.45, 7) is 6.62. The summed E-state index contributed by atoms with van der Waals surface area (Å²) in [6, 6.07) is 0. The molecule has 4 saturated carbocycles. The highest BCUT2D eigenvalue weighted by atomic mass is 16.4. The highest BCUT2D eigenvalue weighted by molar-refractivity contribution is 5.66. The number of aliphatic hydroxyl groups is 1. The summed E-state index contributed by atoms with van der Waals surface area (Å²) < 4.78 is 42.4. The lowest BCUT2D eigenvalue weighted by molar-refractivity contribution is -0.138. The van der Waals surface area contributed by atoms with Gasteiger partial charge in [0.15, 0.2) is 0 Å².